The van der Waals surface area contributed by atoms with Crippen molar-refractivity contribution in [2.75, 3.05) is 0 Å². The molecule has 0 aliphatic rings. The van der Waals surface area contributed by atoms with Crippen LogP contribution in [0.25, 0.3) is 0 Å². The number of hydrogen-bond acceptors (Lipinski definition) is 1. The van der Waals surface area contributed by atoms with E-state index in [-0.39, 0.29) is 5.56 Å². The first kappa shape index (κ1) is 12.6. The fourth-order valence-corrected chi connectivity index (χ4v) is 1.67. The second-order valence-electron chi connectivity index (χ2n) is 3.59. The van der Waals surface area contributed by atoms with E-state index in [0.29, 0.717) is 17.2 Å². The zero-order valence-corrected chi connectivity index (χ0v) is 9.64. The second-order valence-corrected chi connectivity index (χ2v) is 4.02. The van der Waals surface area contributed by atoms with Crippen LogP contribution in [0.3, 0.4) is 0 Å². The van der Waals surface area contributed by atoms with Crippen molar-refractivity contribution in [2.24, 2.45) is 0 Å². The zero-order valence-electron chi connectivity index (χ0n) is 8.88. The molecule has 18 heavy (non-hydrogen) atoms. The molecule has 92 valence electrons. The summed E-state index contributed by atoms with van der Waals surface area (Å²) in [5.74, 6) is -4.48. The van der Waals surface area contributed by atoms with E-state index in [2.05, 4.69) is 0 Å². The smallest absolute Gasteiger partial charge is 0.196 e. The maximum absolute atomic E-state index is 13.4. The van der Waals surface area contributed by atoms with Crippen LogP contribution >= 0.6 is 11.6 Å². The predicted octanol–water partition coefficient (Wildman–Crippen LogP) is 3.99. The average Bonchev–Trinajstić information content (AvgIpc) is 2.33. The summed E-state index contributed by atoms with van der Waals surface area (Å²) in [6.45, 7) is 0. The van der Waals surface area contributed by atoms with Gasteiger partial charge in [-0.05, 0) is 18.2 Å². The molecule has 0 saturated heterocycles. The SMILES string of the molecule is O=C(c1cccc(Cl)c1)c1cc(F)c(F)cc1F. The number of ketones is 1. The van der Waals surface area contributed by atoms with E-state index in [0.717, 1.165) is 0 Å². The average molecular weight is 271 g/mol. The van der Waals surface area contributed by atoms with E-state index in [1.54, 1.807) is 6.07 Å². The lowest BCUT2D eigenvalue weighted by Crippen LogP contribution is -2.06. The molecule has 0 radical (unpaired) electrons. The first-order valence-corrected chi connectivity index (χ1v) is 5.31. The molecule has 2 aromatic rings. The van der Waals surface area contributed by atoms with Crippen molar-refractivity contribution in [1.29, 1.82) is 0 Å². The maximum Gasteiger partial charge on any atom is 0.196 e. The molecule has 0 N–H and O–H groups in total. The highest BCUT2D eigenvalue weighted by atomic mass is 35.5. The Morgan fingerprint density at radius 2 is 1.61 bits per heavy atom. The standard InChI is InChI=1S/C13H6ClF3O/c14-8-3-1-2-7(4-8)13(18)9-5-11(16)12(17)6-10(9)15/h1-6H. The van der Waals surface area contributed by atoms with E-state index in [9.17, 15) is 18.0 Å². The van der Waals surface area contributed by atoms with Crippen molar-refractivity contribution in [2.45, 2.75) is 0 Å². The normalized spacial score (nSPS) is 10.4. The van der Waals surface area contributed by atoms with E-state index in [1.165, 1.54) is 18.2 Å². The van der Waals surface area contributed by atoms with Crippen LogP contribution in [-0.4, -0.2) is 5.78 Å². The molecule has 1 nitrogen and oxygen atoms in total. The molecule has 2 aromatic carbocycles. The molecule has 2 rings (SSSR count). The Bertz CT molecular complexity index is 626. The molecule has 0 saturated carbocycles. The lowest BCUT2D eigenvalue weighted by Gasteiger charge is -2.04. The Kier molecular flexibility index (Phi) is 3.39. The summed E-state index contributed by atoms with van der Waals surface area (Å²) in [7, 11) is 0. The third-order valence-electron chi connectivity index (χ3n) is 2.34. The Morgan fingerprint density at radius 3 is 2.28 bits per heavy atom. The molecule has 0 heterocycles. The van der Waals surface area contributed by atoms with Crippen LogP contribution in [-0.2, 0) is 0 Å². The van der Waals surface area contributed by atoms with Gasteiger partial charge in [0, 0.05) is 16.7 Å². The number of halogens is 4. The highest BCUT2D eigenvalue weighted by Gasteiger charge is 2.17. The zero-order chi connectivity index (χ0) is 13.3. The molecule has 0 aromatic heterocycles. The molecule has 0 amide bonds. The summed E-state index contributed by atoms with van der Waals surface area (Å²) < 4.78 is 39.1. The topological polar surface area (TPSA) is 17.1 Å². The lowest BCUT2D eigenvalue weighted by atomic mass is 10.0. The first-order chi connectivity index (χ1) is 8.49. The number of carbonyl (C=O) groups excluding carboxylic acids is 1. The number of rotatable bonds is 2. The molecule has 0 spiro atoms. The van der Waals surface area contributed by atoms with E-state index < -0.39 is 28.8 Å². The van der Waals surface area contributed by atoms with Crippen LogP contribution in [0.5, 0.6) is 0 Å². The largest absolute Gasteiger partial charge is 0.288 e. The monoisotopic (exact) mass is 270 g/mol. The van der Waals surface area contributed by atoms with Gasteiger partial charge in [0.2, 0.25) is 0 Å². The van der Waals surface area contributed by atoms with E-state index in [1.807, 2.05) is 0 Å². The Labute approximate surface area is 106 Å². The number of carbonyl (C=O) groups is 1. The summed E-state index contributed by atoms with van der Waals surface area (Å²) in [5, 5.41) is 0.295. The maximum atomic E-state index is 13.4. The van der Waals surface area contributed by atoms with Crippen LogP contribution < -0.4 is 0 Å². The Hall–Kier alpha value is -1.81. The Morgan fingerprint density at radius 1 is 0.944 bits per heavy atom. The van der Waals surface area contributed by atoms with Gasteiger partial charge < -0.3 is 0 Å². The quantitative estimate of drug-likeness (QED) is 0.596. The van der Waals surface area contributed by atoms with Crippen molar-refractivity contribution >= 4 is 17.4 Å². The van der Waals surface area contributed by atoms with Gasteiger partial charge in [0.05, 0.1) is 5.56 Å². The van der Waals surface area contributed by atoms with E-state index >= 15 is 0 Å². The highest BCUT2D eigenvalue weighted by Crippen LogP contribution is 2.19. The molecule has 0 aliphatic heterocycles. The van der Waals surface area contributed by atoms with Crippen molar-refractivity contribution in [1.82, 2.24) is 0 Å². The van der Waals surface area contributed by atoms with Crippen molar-refractivity contribution in [3.63, 3.8) is 0 Å². The fourth-order valence-electron chi connectivity index (χ4n) is 1.48. The minimum absolute atomic E-state index is 0.104. The van der Waals surface area contributed by atoms with Gasteiger partial charge in [0.15, 0.2) is 17.4 Å². The minimum Gasteiger partial charge on any atom is -0.288 e. The number of hydrogen-bond donors (Lipinski definition) is 0. The van der Waals surface area contributed by atoms with Crippen molar-refractivity contribution in [3.8, 4) is 0 Å². The molecule has 0 aliphatic carbocycles. The molecule has 0 bridgehead atoms. The predicted molar refractivity (Wildman–Crippen MR) is 61.2 cm³/mol. The van der Waals surface area contributed by atoms with Crippen LogP contribution in [0.2, 0.25) is 5.02 Å². The molecular formula is C13H6ClF3O. The fraction of sp³-hybridized carbons (Fsp3) is 0. The third-order valence-corrected chi connectivity index (χ3v) is 2.58. The van der Waals surface area contributed by atoms with Gasteiger partial charge in [-0.25, -0.2) is 13.2 Å². The van der Waals surface area contributed by atoms with Gasteiger partial charge in [0.1, 0.15) is 5.82 Å². The summed E-state index contributed by atoms with van der Waals surface area (Å²) in [6, 6.07) is 6.66. The second kappa shape index (κ2) is 4.82. The highest BCUT2D eigenvalue weighted by molar-refractivity contribution is 6.31. The van der Waals surface area contributed by atoms with E-state index in [4.69, 9.17) is 11.6 Å². The Balaban J connectivity index is 2.49. The third kappa shape index (κ3) is 2.38. The molecule has 0 unspecified atom stereocenters. The molecule has 5 heteroatoms. The van der Waals surface area contributed by atoms with Crippen LogP contribution in [0.4, 0.5) is 13.2 Å². The summed E-state index contributed by atoms with van der Waals surface area (Å²) in [6.07, 6.45) is 0. The number of benzene rings is 2. The summed E-state index contributed by atoms with van der Waals surface area (Å²) in [4.78, 5) is 11.9. The van der Waals surface area contributed by atoms with Crippen molar-refractivity contribution in [3.05, 3.63) is 70.0 Å². The minimum atomic E-state index is -1.34. The summed E-state index contributed by atoms with van der Waals surface area (Å²) in [5.41, 5.74) is -0.427. The van der Waals surface area contributed by atoms with Crippen LogP contribution in [0.1, 0.15) is 15.9 Å². The van der Waals surface area contributed by atoms with Gasteiger partial charge in [-0.1, -0.05) is 23.7 Å². The van der Waals surface area contributed by atoms with Gasteiger partial charge in [-0.2, -0.15) is 0 Å². The van der Waals surface area contributed by atoms with Gasteiger partial charge in [-0.3, -0.25) is 4.79 Å². The molecule has 0 fully saturated rings. The van der Waals surface area contributed by atoms with Crippen LogP contribution in [0.15, 0.2) is 36.4 Å². The van der Waals surface area contributed by atoms with Crippen LogP contribution in [0, 0.1) is 17.5 Å². The summed E-state index contributed by atoms with van der Waals surface area (Å²) >= 11 is 5.69. The van der Waals surface area contributed by atoms with Gasteiger partial charge in [0.25, 0.3) is 0 Å². The molecular weight excluding hydrogens is 265 g/mol. The first-order valence-electron chi connectivity index (χ1n) is 4.94. The van der Waals surface area contributed by atoms with Gasteiger partial charge >= 0.3 is 0 Å². The van der Waals surface area contributed by atoms with Crippen molar-refractivity contribution < 1.29 is 18.0 Å². The van der Waals surface area contributed by atoms with Gasteiger partial charge in [-0.15, -0.1) is 0 Å². The lowest BCUT2D eigenvalue weighted by molar-refractivity contribution is 0.103. The molecule has 0 atom stereocenters.